The molecule has 1 nitrogen and oxygen atoms in total. The zero-order chi connectivity index (χ0) is 12.8. The molecule has 1 saturated carbocycles. The van der Waals surface area contributed by atoms with Crippen molar-refractivity contribution in [1.82, 2.24) is 0 Å². The second-order valence-electron chi connectivity index (χ2n) is 4.92. The summed E-state index contributed by atoms with van der Waals surface area (Å²) in [5, 5.41) is 8.77. The van der Waals surface area contributed by atoms with Gasteiger partial charge in [0.25, 0.3) is 0 Å². The van der Waals surface area contributed by atoms with E-state index in [1.165, 1.54) is 37.7 Å². The fourth-order valence-electron chi connectivity index (χ4n) is 2.61. The number of hydrogen-bond donors (Lipinski definition) is 0. The average Bonchev–Trinajstić information content (AvgIpc) is 2.46. The molecule has 94 valence electrons. The highest BCUT2D eigenvalue weighted by Crippen LogP contribution is 2.31. The number of nitrogens with zero attached hydrogens (tertiary/aromatic N) is 1. The molecule has 18 heavy (non-hydrogen) atoms. The molecule has 0 spiro atoms. The highest BCUT2D eigenvalue weighted by molar-refractivity contribution is 6.19. The molecular formula is C16H18ClN. The molecule has 1 aromatic carbocycles. The van der Waals surface area contributed by atoms with Crippen molar-refractivity contribution in [3.63, 3.8) is 0 Å². The lowest BCUT2D eigenvalue weighted by molar-refractivity contribution is 0.405. The maximum absolute atomic E-state index is 8.77. The largest absolute Gasteiger partial charge is 0.192 e. The summed E-state index contributed by atoms with van der Waals surface area (Å²) in [6, 6.07) is 9.85. The molecule has 2 heteroatoms. The van der Waals surface area contributed by atoms with E-state index in [1.807, 2.05) is 24.3 Å². The number of rotatable bonds is 3. The first-order valence-corrected chi connectivity index (χ1v) is 7.13. The van der Waals surface area contributed by atoms with Gasteiger partial charge < -0.3 is 0 Å². The summed E-state index contributed by atoms with van der Waals surface area (Å²) >= 11 is 6.09. The zero-order valence-electron chi connectivity index (χ0n) is 10.5. The maximum Gasteiger partial charge on any atom is 0.0991 e. The van der Waals surface area contributed by atoms with E-state index in [-0.39, 0.29) is 0 Å². The molecule has 1 aliphatic carbocycles. The van der Waals surface area contributed by atoms with Crippen molar-refractivity contribution in [1.29, 1.82) is 5.26 Å². The minimum Gasteiger partial charge on any atom is -0.192 e. The monoisotopic (exact) mass is 259 g/mol. The van der Waals surface area contributed by atoms with E-state index in [1.54, 1.807) is 0 Å². The van der Waals surface area contributed by atoms with Gasteiger partial charge in [0.15, 0.2) is 0 Å². The minimum atomic E-state index is 0.616. The number of benzene rings is 1. The summed E-state index contributed by atoms with van der Waals surface area (Å²) in [5.41, 5.74) is 3.20. The van der Waals surface area contributed by atoms with Gasteiger partial charge >= 0.3 is 0 Å². The van der Waals surface area contributed by atoms with E-state index in [9.17, 15) is 0 Å². The Labute approximate surface area is 114 Å². The van der Waals surface area contributed by atoms with Crippen LogP contribution in [0.25, 0.3) is 6.08 Å². The topological polar surface area (TPSA) is 23.8 Å². The van der Waals surface area contributed by atoms with Crippen LogP contribution in [0.3, 0.4) is 0 Å². The van der Waals surface area contributed by atoms with Gasteiger partial charge in [-0.3, -0.25) is 0 Å². The third kappa shape index (κ3) is 3.37. The molecule has 0 unspecified atom stereocenters. The van der Waals surface area contributed by atoms with Gasteiger partial charge in [-0.15, -0.1) is 11.6 Å². The molecule has 0 saturated heterocycles. The Kier molecular flexibility index (Phi) is 4.84. The smallest absolute Gasteiger partial charge is 0.0991 e. The van der Waals surface area contributed by atoms with Crippen molar-refractivity contribution in [2.24, 2.45) is 5.92 Å². The molecule has 0 amide bonds. The highest BCUT2D eigenvalue weighted by Gasteiger charge is 2.16. The van der Waals surface area contributed by atoms with Crippen LogP contribution in [0, 0.1) is 17.2 Å². The number of allylic oxidation sites excluding steroid dienone is 1. The van der Waals surface area contributed by atoms with Crippen LogP contribution < -0.4 is 0 Å². The van der Waals surface area contributed by atoms with E-state index in [2.05, 4.69) is 12.1 Å². The second-order valence-corrected chi connectivity index (χ2v) is 5.19. The molecule has 0 atom stereocenters. The van der Waals surface area contributed by atoms with E-state index in [0.717, 1.165) is 5.56 Å². The van der Waals surface area contributed by atoms with Gasteiger partial charge in [-0.1, -0.05) is 43.0 Å². The van der Waals surface area contributed by atoms with Crippen molar-refractivity contribution in [2.45, 2.75) is 32.1 Å². The number of alkyl halides is 1. The zero-order valence-corrected chi connectivity index (χ0v) is 11.3. The van der Waals surface area contributed by atoms with Crippen molar-refractivity contribution >= 4 is 17.7 Å². The average molecular weight is 260 g/mol. The Morgan fingerprint density at radius 3 is 2.44 bits per heavy atom. The Morgan fingerprint density at radius 1 is 1.22 bits per heavy atom. The fourth-order valence-corrected chi connectivity index (χ4v) is 2.90. The molecule has 1 fully saturated rings. The predicted octanol–water partition coefficient (Wildman–Crippen LogP) is 4.76. The van der Waals surface area contributed by atoms with Crippen molar-refractivity contribution in [2.75, 3.05) is 5.88 Å². The number of halogens is 1. The third-order valence-corrected chi connectivity index (χ3v) is 3.98. The van der Waals surface area contributed by atoms with E-state index >= 15 is 0 Å². The Bertz CT molecular complexity index is 447. The molecule has 0 aliphatic heterocycles. The third-order valence-electron chi connectivity index (χ3n) is 3.68. The fraction of sp³-hybridized carbons (Fsp3) is 0.438. The van der Waals surface area contributed by atoms with Gasteiger partial charge in [0, 0.05) is 5.88 Å². The molecule has 0 bridgehead atoms. The van der Waals surface area contributed by atoms with Crippen molar-refractivity contribution in [3.8, 4) is 6.07 Å². The molecule has 0 aromatic heterocycles. The molecule has 1 aliphatic rings. The normalized spacial score (nSPS) is 17.4. The van der Waals surface area contributed by atoms with Gasteiger partial charge in [0.05, 0.1) is 11.6 Å². The van der Waals surface area contributed by atoms with Crippen LogP contribution in [0.5, 0.6) is 0 Å². The van der Waals surface area contributed by atoms with Gasteiger partial charge in [0.2, 0.25) is 0 Å². The standard InChI is InChI=1S/C16H18ClN/c17-11-16(15-4-2-1-3-5-15)10-13-6-8-14(12-18)9-7-13/h6-10,15H,1-5,11H2. The Balaban J connectivity index is 2.14. The lowest BCUT2D eigenvalue weighted by atomic mass is 9.83. The minimum absolute atomic E-state index is 0.616. The number of nitriles is 1. The van der Waals surface area contributed by atoms with Crippen LogP contribution in [0.15, 0.2) is 29.8 Å². The summed E-state index contributed by atoms with van der Waals surface area (Å²) in [6.45, 7) is 0. The first kappa shape index (κ1) is 13.2. The van der Waals surface area contributed by atoms with Crippen LogP contribution in [0.1, 0.15) is 43.2 Å². The predicted molar refractivity (Wildman–Crippen MR) is 76.4 cm³/mol. The van der Waals surface area contributed by atoms with Crippen LogP contribution >= 0.6 is 11.6 Å². The van der Waals surface area contributed by atoms with Crippen molar-refractivity contribution in [3.05, 3.63) is 41.0 Å². The van der Waals surface area contributed by atoms with Gasteiger partial charge in [0.1, 0.15) is 0 Å². The SMILES string of the molecule is N#Cc1ccc(C=C(CCl)C2CCCCC2)cc1. The van der Waals surface area contributed by atoms with E-state index in [4.69, 9.17) is 16.9 Å². The molecule has 0 radical (unpaired) electrons. The highest BCUT2D eigenvalue weighted by atomic mass is 35.5. The first-order chi connectivity index (χ1) is 8.83. The summed E-state index contributed by atoms with van der Waals surface area (Å²) in [5.74, 6) is 1.27. The van der Waals surface area contributed by atoms with Crippen LogP contribution in [0.2, 0.25) is 0 Å². The molecule has 0 N–H and O–H groups in total. The Morgan fingerprint density at radius 2 is 1.89 bits per heavy atom. The van der Waals surface area contributed by atoms with Crippen LogP contribution in [0.4, 0.5) is 0 Å². The lowest BCUT2D eigenvalue weighted by Crippen LogP contribution is -2.10. The Hall–Kier alpha value is -1.26. The first-order valence-electron chi connectivity index (χ1n) is 6.60. The van der Waals surface area contributed by atoms with Crippen LogP contribution in [-0.2, 0) is 0 Å². The van der Waals surface area contributed by atoms with Gasteiger partial charge in [-0.05, 0) is 36.5 Å². The molecule has 1 aromatic rings. The molecule has 0 heterocycles. The molecule has 2 rings (SSSR count). The van der Waals surface area contributed by atoms with Crippen molar-refractivity contribution < 1.29 is 0 Å². The summed E-state index contributed by atoms with van der Waals surface area (Å²) in [6.07, 6.45) is 8.76. The maximum atomic E-state index is 8.77. The number of hydrogen-bond acceptors (Lipinski definition) is 1. The second kappa shape index (κ2) is 6.61. The lowest BCUT2D eigenvalue weighted by Gasteiger charge is -2.23. The van der Waals surface area contributed by atoms with E-state index < -0.39 is 0 Å². The van der Waals surface area contributed by atoms with Gasteiger partial charge in [-0.25, -0.2) is 0 Å². The summed E-state index contributed by atoms with van der Waals surface area (Å²) in [7, 11) is 0. The quantitative estimate of drug-likeness (QED) is 0.718. The summed E-state index contributed by atoms with van der Waals surface area (Å²) in [4.78, 5) is 0. The van der Waals surface area contributed by atoms with E-state index in [0.29, 0.717) is 17.4 Å². The summed E-state index contributed by atoms with van der Waals surface area (Å²) < 4.78 is 0. The van der Waals surface area contributed by atoms with Gasteiger partial charge in [-0.2, -0.15) is 5.26 Å². The molecular weight excluding hydrogens is 242 g/mol. The van der Waals surface area contributed by atoms with Crippen LogP contribution in [-0.4, -0.2) is 5.88 Å².